The van der Waals surface area contributed by atoms with E-state index < -0.39 is 0 Å². The Morgan fingerprint density at radius 1 is 0.375 bits per heavy atom. The predicted octanol–water partition coefficient (Wildman–Crippen LogP) is 8.54. The number of benzene rings is 6. The molecule has 0 fully saturated rings. The molecule has 0 bridgehead atoms. The highest BCUT2D eigenvalue weighted by Gasteiger charge is 2.22. The van der Waals surface area contributed by atoms with Gasteiger partial charge in [0.25, 0.3) is 11.8 Å². The Bertz CT molecular complexity index is 1740. The number of amides is 2. The van der Waals surface area contributed by atoms with E-state index in [1.807, 2.05) is 146 Å². The number of ether oxygens (including phenoxy) is 2. The van der Waals surface area contributed by atoms with Gasteiger partial charge in [0.05, 0.1) is 0 Å². The fourth-order valence-electron chi connectivity index (χ4n) is 5.41. The summed E-state index contributed by atoms with van der Waals surface area (Å²) in [5.41, 5.74) is 5.80. The van der Waals surface area contributed by atoms with Gasteiger partial charge in [0.2, 0.25) is 0 Å². The average Bonchev–Trinajstić information content (AvgIpc) is 3.16. The second kappa shape index (κ2) is 15.9. The number of anilines is 2. The molecule has 0 heterocycles. The molecule has 6 heteroatoms. The first-order valence-corrected chi connectivity index (χ1v) is 15.9. The summed E-state index contributed by atoms with van der Waals surface area (Å²) in [7, 11) is 0. The maximum Gasteiger partial charge on any atom is 0.264 e. The zero-order chi connectivity index (χ0) is 33.0. The van der Waals surface area contributed by atoms with Crippen LogP contribution >= 0.6 is 0 Å². The van der Waals surface area contributed by atoms with Crippen molar-refractivity contribution in [1.29, 1.82) is 0 Å². The predicted molar refractivity (Wildman–Crippen MR) is 192 cm³/mol. The van der Waals surface area contributed by atoms with E-state index in [1.54, 1.807) is 9.80 Å². The number of hydrogen-bond donors (Lipinski definition) is 0. The van der Waals surface area contributed by atoms with Gasteiger partial charge in [0.1, 0.15) is 11.5 Å². The van der Waals surface area contributed by atoms with Gasteiger partial charge < -0.3 is 19.3 Å². The highest BCUT2D eigenvalue weighted by atomic mass is 16.5. The molecule has 0 aliphatic carbocycles. The van der Waals surface area contributed by atoms with Gasteiger partial charge in [-0.25, -0.2) is 0 Å². The van der Waals surface area contributed by atoms with Crippen LogP contribution in [0.25, 0.3) is 22.3 Å². The molecule has 0 radical (unpaired) electrons. The minimum Gasteiger partial charge on any atom is -0.484 e. The molecule has 6 aromatic carbocycles. The molecule has 0 spiro atoms. The lowest BCUT2D eigenvalue weighted by Gasteiger charge is -2.28. The largest absolute Gasteiger partial charge is 0.484 e. The van der Waals surface area contributed by atoms with Crippen LogP contribution in [-0.4, -0.2) is 38.1 Å². The zero-order valence-electron chi connectivity index (χ0n) is 26.5. The average molecular weight is 633 g/mol. The molecule has 48 heavy (non-hydrogen) atoms. The fraction of sp³-hybridized carbons (Fsp3) is 0.0952. The second-order valence-electron chi connectivity index (χ2n) is 11.1. The summed E-state index contributed by atoms with van der Waals surface area (Å²) >= 11 is 0. The number of nitrogens with zero attached hydrogens (tertiary/aromatic N) is 2. The third-order valence-corrected chi connectivity index (χ3v) is 7.93. The summed E-state index contributed by atoms with van der Waals surface area (Å²) in [6, 6.07) is 54.4. The summed E-state index contributed by atoms with van der Waals surface area (Å²) in [6.07, 6.45) is 0. The summed E-state index contributed by atoms with van der Waals surface area (Å²) in [6.45, 7) is 0.207. The van der Waals surface area contributed by atoms with Crippen molar-refractivity contribution in [3.63, 3.8) is 0 Å². The van der Waals surface area contributed by atoms with E-state index in [2.05, 4.69) is 24.3 Å². The van der Waals surface area contributed by atoms with Crippen LogP contribution in [0.3, 0.4) is 0 Å². The SMILES string of the molecule is O=C(COc1ccc(-c2ccccc2)cc1)N(CCN(C(=O)COc1ccc(-c2ccccc2)cc1)c1ccccc1)c1ccccc1. The normalized spacial score (nSPS) is 10.6. The summed E-state index contributed by atoms with van der Waals surface area (Å²) < 4.78 is 11.9. The van der Waals surface area contributed by atoms with E-state index in [9.17, 15) is 9.59 Å². The number of rotatable bonds is 13. The molecule has 0 aliphatic rings. The molecular weight excluding hydrogens is 596 g/mol. The van der Waals surface area contributed by atoms with Gasteiger partial charge >= 0.3 is 0 Å². The van der Waals surface area contributed by atoms with Gasteiger partial charge in [0, 0.05) is 24.5 Å². The van der Waals surface area contributed by atoms with Crippen LogP contribution in [0.1, 0.15) is 0 Å². The van der Waals surface area contributed by atoms with Crippen LogP contribution in [0.5, 0.6) is 11.5 Å². The van der Waals surface area contributed by atoms with E-state index in [0.29, 0.717) is 11.5 Å². The van der Waals surface area contributed by atoms with E-state index in [0.717, 1.165) is 33.6 Å². The van der Waals surface area contributed by atoms with E-state index in [-0.39, 0.29) is 38.1 Å². The Labute approximate surface area is 281 Å². The number of hydrogen-bond acceptors (Lipinski definition) is 4. The van der Waals surface area contributed by atoms with Crippen LogP contribution in [0.15, 0.2) is 170 Å². The minimum atomic E-state index is -0.219. The minimum absolute atomic E-state index is 0.152. The van der Waals surface area contributed by atoms with Gasteiger partial charge in [0.15, 0.2) is 13.2 Å². The monoisotopic (exact) mass is 632 g/mol. The van der Waals surface area contributed by atoms with E-state index in [1.165, 1.54) is 0 Å². The molecule has 0 atom stereocenters. The van der Waals surface area contributed by atoms with Crippen LogP contribution in [-0.2, 0) is 9.59 Å². The Balaban J connectivity index is 1.12. The van der Waals surface area contributed by atoms with Crippen LogP contribution in [0.4, 0.5) is 11.4 Å². The first kappa shape index (κ1) is 31.8. The molecule has 6 rings (SSSR count). The lowest BCUT2D eigenvalue weighted by atomic mass is 10.1. The summed E-state index contributed by atoms with van der Waals surface area (Å²) in [5.74, 6) is 0.768. The van der Waals surface area contributed by atoms with Crippen LogP contribution < -0.4 is 19.3 Å². The smallest absolute Gasteiger partial charge is 0.264 e. The standard InChI is InChI=1S/C42H36N2O4/c45-41(31-47-39-25-21-35(22-26-39)33-13-5-1-6-14-33)43(37-17-9-3-10-18-37)29-30-44(38-19-11-4-12-20-38)42(46)32-48-40-27-23-36(24-28-40)34-15-7-2-8-16-34/h1-28H,29-32H2. The van der Waals surface area contributed by atoms with E-state index in [4.69, 9.17) is 9.47 Å². The number of carbonyl (C=O) groups excluding carboxylic acids is 2. The van der Waals surface area contributed by atoms with Gasteiger partial charge in [-0.1, -0.05) is 121 Å². The Morgan fingerprint density at radius 2 is 0.667 bits per heavy atom. The summed E-state index contributed by atoms with van der Waals surface area (Å²) in [5, 5.41) is 0. The number of para-hydroxylation sites is 2. The van der Waals surface area contributed by atoms with Crippen molar-refractivity contribution in [2.24, 2.45) is 0 Å². The Kier molecular flexibility index (Phi) is 10.6. The molecule has 2 amide bonds. The first-order chi connectivity index (χ1) is 23.6. The molecule has 0 unspecified atom stereocenters. The van der Waals surface area contributed by atoms with E-state index >= 15 is 0 Å². The van der Waals surface area contributed by atoms with Gasteiger partial charge in [-0.2, -0.15) is 0 Å². The quantitative estimate of drug-likeness (QED) is 0.128. The maximum absolute atomic E-state index is 13.6. The Morgan fingerprint density at radius 3 is 1.00 bits per heavy atom. The molecule has 238 valence electrons. The third kappa shape index (κ3) is 8.36. The topological polar surface area (TPSA) is 59.1 Å². The zero-order valence-corrected chi connectivity index (χ0v) is 26.5. The van der Waals surface area contributed by atoms with Crippen molar-refractivity contribution in [2.75, 3.05) is 36.1 Å². The van der Waals surface area contributed by atoms with Gasteiger partial charge in [-0.15, -0.1) is 0 Å². The van der Waals surface area contributed by atoms with Gasteiger partial charge in [-0.05, 0) is 70.8 Å². The van der Waals surface area contributed by atoms with Crippen molar-refractivity contribution in [1.82, 2.24) is 0 Å². The second-order valence-corrected chi connectivity index (χ2v) is 11.1. The fourth-order valence-corrected chi connectivity index (χ4v) is 5.41. The van der Waals surface area contributed by atoms with Crippen molar-refractivity contribution < 1.29 is 19.1 Å². The van der Waals surface area contributed by atoms with Gasteiger partial charge in [-0.3, -0.25) is 9.59 Å². The third-order valence-electron chi connectivity index (χ3n) is 7.93. The van der Waals surface area contributed by atoms with Crippen molar-refractivity contribution in [3.8, 4) is 33.8 Å². The Hall–Kier alpha value is -6.14. The molecule has 6 nitrogen and oxygen atoms in total. The van der Waals surface area contributed by atoms with Crippen molar-refractivity contribution in [3.05, 3.63) is 170 Å². The van der Waals surface area contributed by atoms with Crippen LogP contribution in [0, 0.1) is 0 Å². The van der Waals surface area contributed by atoms with Crippen molar-refractivity contribution >= 4 is 23.2 Å². The maximum atomic E-state index is 13.6. The number of carbonyl (C=O) groups is 2. The molecule has 0 aliphatic heterocycles. The highest BCUT2D eigenvalue weighted by molar-refractivity contribution is 5.96. The lowest BCUT2D eigenvalue weighted by Crippen LogP contribution is -2.44. The first-order valence-electron chi connectivity index (χ1n) is 15.9. The summed E-state index contributed by atoms with van der Waals surface area (Å²) in [4.78, 5) is 30.6. The molecule has 0 N–H and O–H groups in total. The molecule has 0 saturated carbocycles. The van der Waals surface area contributed by atoms with Crippen molar-refractivity contribution in [2.45, 2.75) is 0 Å². The molecular formula is C42H36N2O4. The highest BCUT2D eigenvalue weighted by Crippen LogP contribution is 2.24. The molecule has 0 aromatic heterocycles. The molecule has 0 saturated heterocycles. The molecule has 6 aromatic rings. The van der Waals surface area contributed by atoms with Crippen LogP contribution in [0.2, 0.25) is 0 Å². The lowest BCUT2D eigenvalue weighted by molar-refractivity contribution is -0.122.